The third-order valence-corrected chi connectivity index (χ3v) is 4.89. The van der Waals surface area contributed by atoms with Crippen molar-refractivity contribution in [2.45, 2.75) is 6.18 Å². The third kappa shape index (κ3) is 3.61. The molecule has 0 aliphatic heterocycles. The van der Waals surface area contributed by atoms with E-state index < -0.39 is 11.9 Å². The molecule has 2 heterocycles. The van der Waals surface area contributed by atoms with E-state index in [1.54, 1.807) is 50.5 Å². The van der Waals surface area contributed by atoms with Crippen LogP contribution in [0.4, 0.5) is 13.2 Å². The summed E-state index contributed by atoms with van der Waals surface area (Å²) < 4.78 is 40.7. The van der Waals surface area contributed by atoms with Crippen molar-refractivity contribution in [2.24, 2.45) is 0 Å². The molecule has 0 saturated carbocycles. The minimum Gasteiger partial charge on any atom is -0.344 e. The topological polar surface area (TPSA) is 38.1 Å². The van der Waals surface area contributed by atoms with Gasteiger partial charge in [-0.1, -0.05) is 11.6 Å². The van der Waals surface area contributed by atoms with Gasteiger partial charge < -0.3 is 4.90 Å². The minimum absolute atomic E-state index is 0.213. The van der Waals surface area contributed by atoms with E-state index in [0.717, 1.165) is 17.4 Å². The summed E-state index contributed by atoms with van der Waals surface area (Å²) in [6.07, 6.45) is -4.58. The number of benzene rings is 1. The van der Waals surface area contributed by atoms with Crippen LogP contribution in [0.15, 0.2) is 42.5 Å². The van der Waals surface area contributed by atoms with Crippen molar-refractivity contribution in [1.82, 2.24) is 14.7 Å². The highest BCUT2D eigenvalue weighted by Crippen LogP contribution is 2.36. The number of nitrogens with zero attached hydrogens (tertiary/aromatic N) is 3. The van der Waals surface area contributed by atoms with E-state index in [9.17, 15) is 18.0 Å². The molecule has 0 unspecified atom stereocenters. The largest absolute Gasteiger partial charge is 0.435 e. The second-order valence-corrected chi connectivity index (χ2v) is 7.18. The van der Waals surface area contributed by atoms with Gasteiger partial charge in [0, 0.05) is 19.1 Å². The molecule has 0 atom stereocenters. The summed E-state index contributed by atoms with van der Waals surface area (Å²) in [7, 11) is 3.23. The highest BCUT2D eigenvalue weighted by atomic mass is 35.5. The molecule has 0 fully saturated rings. The van der Waals surface area contributed by atoms with Crippen molar-refractivity contribution >= 4 is 28.8 Å². The SMILES string of the molecule is CN(C)C(=O)c1ccc(-c2cc(C(F)(F)F)nn2-c2ccc(Cl)cc2)s1. The molecule has 0 radical (unpaired) electrons. The van der Waals surface area contributed by atoms with Crippen molar-refractivity contribution in [3.05, 3.63) is 58.1 Å². The van der Waals surface area contributed by atoms with Crippen molar-refractivity contribution in [3.63, 3.8) is 0 Å². The molecule has 1 amide bonds. The summed E-state index contributed by atoms with van der Waals surface area (Å²) in [4.78, 5) is 14.4. The Morgan fingerprint density at radius 1 is 1.15 bits per heavy atom. The Labute approximate surface area is 156 Å². The van der Waals surface area contributed by atoms with Gasteiger partial charge in [-0.15, -0.1) is 11.3 Å². The smallest absolute Gasteiger partial charge is 0.344 e. The summed E-state index contributed by atoms with van der Waals surface area (Å²) in [5, 5.41) is 4.17. The zero-order valence-electron chi connectivity index (χ0n) is 13.7. The fraction of sp³-hybridized carbons (Fsp3) is 0.176. The normalized spacial score (nSPS) is 11.6. The number of amides is 1. The first-order valence-corrected chi connectivity index (χ1v) is 8.61. The van der Waals surface area contributed by atoms with Gasteiger partial charge in [0.25, 0.3) is 5.91 Å². The molecule has 136 valence electrons. The maximum Gasteiger partial charge on any atom is 0.435 e. The van der Waals surface area contributed by atoms with Crippen LogP contribution in [0.1, 0.15) is 15.4 Å². The molecule has 26 heavy (non-hydrogen) atoms. The molecule has 0 aliphatic carbocycles. The molecule has 0 saturated heterocycles. The number of aromatic nitrogens is 2. The Kier molecular flexibility index (Phi) is 4.81. The first kappa shape index (κ1) is 18.5. The van der Waals surface area contributed by atoms with Gasteiger partial charge >= 0.3 is 6.18 Å². The van der Waals surface area contributed by atoms with Gasteiger partial charge in [0.05, 0.1) is 21.1 Å². The Bertz CT molecular complexity index is 945. The summed E-state index contributed by atoms with van der Waals surface area (Å²) in [5.41, 5.74) is -0.312. The fourth-order valence-corrected chi connectivity index (χ4v) is 3.44. The average molecular weight is 400 g/mol. The summed E-state index contributed by atoms with van der Waals surface area (Å²) >= 11 is 6.96. The summed E-state index contributed by atoms with van der Waals surface area (Å²) in [6, 6.07) is 10.5. The fourth-order valence-electron chi connectivity index (χ4n) is 2.29. The first-order chi connectivity index (χ1) is 12.2. The first-order valence-electron chi connectivity index (χ1n) is 7.42. The van der Waals surface area contributed by atoms with Crippen LogP contribution in [-0.4, -0.2) is 34.7 Å². The van der Waals surface area contributed by atoms with E-state index in [1.165, 1.54) is 9.58 Å². The predicted octanol–water partition coefficient (Wildman–Crippen LogP) is 4.97. The molecular weight excluding hydrogens is 387 g/mol. The maximum absolute atomic E-state index is 13.2. The van der Waals surface area contributed by atoms with Gasteiger partial charge in [-0.3, -0.25) is 4.79 Å². The van der Waals surface area contributed by atoms with Gasteiger partial charge in [-0.25, -0.2) is 4.68 Å². The van der Waals surface area contributed by atoms with Crippen LogP contribution >= 0.6 is 22.9 Å². The molecule has 1 aromatic carbocycles. The van der Waals surface area contributed by atoms with Crippen LogP contribution < -0.4 is 0 Å². The van der Waals surface area contributed by atoms with E-state index in [2.05, 4.69) is 5.10 Å². The molecule has 3 aromatic rings. The van der Waals surface area contributed by atoms with Crippen LogP contribution in [0, 0.1) is 0 Å². The van der Waals surface area contributed by atoms with Crippen molar-refractivity contribution < 1.29 is 18.0 Å². The standard InChI is InChI=1S/C17H13ClF3N3OS/c1-23(2)16(25)14-8-7-13(26-14)12-9-15(17(19,20)21)22-24(12)11-5-3-10(18)4-6-11/h3-9H,1-2H3. The lowest BCUT2D eigenvalue weighted by Crippen LogP contribution is -2.20. The number of hydrogen-bond acceptors (Lipinski definition) is 3. The Morgan fingerprint density at radius 2 is 1.81 bits per heavy atom. The molecule has 0 aliphatic rings. The zero-order valence-corrected chi connectivity index (χ0v) is 15.3. The highest BCUT2D eigenvalue weighted by molar-refractivity contribution is 7.17. The number of carbonyl (C=O) groups excluding carboxylic acids is 1. The van der Waals surface area contributed by atoms with Crippen LogP contribution in [-0.2, 0) is 6.18 Å². The number of alkyl halides is 3. The monoisotopic (exact) mass is 399 g/mol. The molecule has 4 nitrogen and oxygen atoms in total. The van der Waals surface area contributed by atoms with E-state index in [1.807, 2.05) is 0 Å². The van der Waals surface area contributed by atoms with E-state index in [0.29, 0.717) is 20.5 Å². The number of carbonyl (C=O) groups is 1. The molecule has 2 aromatic heterocycles. The van der Waals surface area contributed by atoms with Gasteiger partial charge in [0.1, 0.15) is 0 Å². The molecule has 9 heteroatoms. The van der Waals surface area contributed by atoms with Gasteiger partial charge in [0.2, 0.25) is 0 Å². The Balaban J connectivity index is 2.12. The predicted molar refractivity (Wildman–Crippen MR) is 94.9 cm³/mol. The number of hydrogen-bond donors (Lipinski definition) is 0. The second-order valence-electron chi connectivity index (χ2n) is 5.66. The molecule has 0 bridgehead atoms. The maximum atomic E-state index is 13.2. The van der Waals surface area contributed by atoms with Crippen molar-refractivity contribution in [1.29, 1.82) is 0 Å². The minimum atomic E-state index is -4.58. The van der Waals surface area contributed by atoms with Crippen molar-refractivity contribution in [3.8, 4) is 16.3 Å². The number of rotatable bonds is 3. The van der Waals surface area contributed by atoms with E-state index >= 15 is 0 Å². The summed E-state index contributed by atoms with van der Waals surface area (Å²) in [6.45, 7) is 0. The highest BCUT2D eigenvalue weighted by Gasteiger charge is 2.35. The average Bonchev–Trinajstić information content (AvgIpc) is 3.21. The lowest BCUT2D eigenvalue weighted by molar-refractivity contribution is -0.141. The molecule has 0 N–H and O–H groups in total. The van der Waals surface area contributed by atoms with Crippen LogP contribution in [0.5, 0.6) is 0 Å². The van der Waals surface area contributed by atoms with E-state index in [4.69, 9.17) is 11.6 Å². The second kappa shape index (κ2) is 6.77. The van der Waals surface area contributed by atoms with Crippen molar-refractivity contribution in [2.75, 3.05) is 14.1 Å². The third-order valence-electron chi connectivity index (χ3n) is 3.55. The lowest BCUT2D eigenvalue weighted by atomic mass is 10.2. The van der Waals surface area contributed by atoms with Crippen LogP contribution in [0.2, 0.25) is 5.02 Å². The molecule has 3 rings (SSSR count). The summed E-state index contributed by atoms with van der Waals surface area (Å²) in [5.74, 6) is -0.213. The van der Waals surface area contributed by atoms with Crippen LogP contribution in [0.25, 0.3) is 16.3 Å². The Hall–Kier alpha value is -2.32. The number of thiophene rings is 1. The van der Waals surface area contributed by atoms with Crippen LogP contribution in [0.3, 0.4) is 0 Å². The quantitative estimate of drug-likeness (QED) is 0.623. The van der Waals surface area contributed by atoms with Gasteiger partial charge in [-0.05, 0) is 42.5 Å². The van der Waals surface area contributed by atoms with E-state index in [-0.39, 0.29) is 11.6 Å². The zero-order chi connectivity index (χ0) is 19.1. The van der Waals surface area contributed by atoms with Gasteiger partial charge in [0.15, 0.2) is 5.69 Å². The number of halogens is 4. The molecule has 0 spiro atoms. The van der Waals surface area contributed by atoms with Gasteiger partial charge in [-0.2, -0.15) is 18.3 Å². The lowest BCUT2D eigenvalue weighted by Gasteiger charge is -2.08. The molecular formula is C17H13ClF3N3OS. The Morgan fingerprint density at radius 3 is 2.38 bits per heavy atom.